The van der Waals surface area contributed by atoms with Crippen molar-refractivity contribution < 1.29 is 28.5 Å². The summed E-state index contributed by atoms with van der Waals surface area (Å²) >= 11 is 0. The Morgan fingerprint density at radius 3 is 1.97 bits per heavy atom. The van der Waals surface area contributed by atoms with E-state index in [4.69, 9.17) is 18.9 Å². The zero-order valence-corrected chi connectivity index (χ0v) is 20.6. The summed E-state index contributed by atoms with van der Waals surface area (Å²) in [4.78, 5) is 27.9. The monoisotopic (exact) mass is 471 g/mol. The van der Waals surface area contributed by atoms with Crippen LogP contribution in [0.1, 0.15) is 25.0 Å². The molecular weight excluding hydrogens is 438 g/mol. The summed E-state index contributed by atoms with van der Waals surface area (Å²) in [6.07, 6.45) is 0.686. The summed E-state index contributed by atoms with van der Waals surface area (Å²) in [6, 6.07) is 7.95. The number of carbonyl (C=O) groups is 2. The second kappa shape index (κ2) is 11.0. The fourth-order valence-corrected chi connectivity index (χ4v) is 3.92. The largest absolute Gasteiger partial charge is 0.497 e. The summed E-state index contributed by atoms with van der Waals surface area (Å²) in [7, 11) is 6.27. The van der Waals surface area contributed by atoms with Crippen molar-refractivity contribution >= 4 is 17.6 Å². The van der Waals surface area contributed by atoms with Crippen LogP contribution in [0.4, 0.5) is 10.5 Å². The second-order valence-electron chi connectivity index (χ2n) is 8.41. The van der Waals surface area contributed by atoms with E-state index in [9.17, 15) is 9.59 Å². The lowest BCUT2D eigenvalue weighted by Crippen LogP contribution is -2.52. The van der Waals surface area contributed by atoms with Crippen molar-refractivity contribution in [2.45, 2.75) is 32.9 Å². The quantitative estimate of drug-likeness (QED) is 0.612. The number of hydrogen-bond acceptors (Lipinski definition) is 6. The van der Waals surface area contributed by atoms with Crippen molar-refractivity contribution in [1.29, 1.82) is 0 Å². The molecule has 0 aromatic heterocycles. The van der Waals surface area contributed by atoms with Gasteiger partial charge in [0, 0.05) is 37.0 Å². The number of urea groups is 1. The van der Waals surface area contributed by atoms with Gasteiger partial charge < -0.3 is 34.5 Å². The first-order chi connectivity index (χ1) is 16.3. The Hall–Kier alpha value is -3.62. The summed E-state index contributed by atoms with van der Waals surface area (Å²) in [6.45, 7) is 4.73. The van der Waals surface area contributed by atoms with Gasteiger partial charge in [-0.1, -0.05) is 13.8 Å². The first kappa shape index (κ1) is 25.0. The fourth-order valence-electron chi connectivity index (χ4n) is 3.92. The van der Waals surface area contributed by atoms with E-state index in [1.807, 2.05) is 26.0 Å². The molecule has 0 aliphatic carbocycles. The minimum atomic E-state index is -0.725. The van der Waals surface area contributed by atoms with Gasteiger partial charge in [0.15, 0.2) is 11.5 Å². The Morgan fingerprint density at radius 1 is 0.853 bits per heavy atom. The molecule has 0 bridgehead atoms. The zero-order valence-electron chi connectivity index (χ0n) is 20.6. The summed E-state index contributed by atoms with van der Waals surface area (Å²) in [5.41, 5.74) is 2.63. The van der Waals surface area contributed by atoms with E-state index in [1.165, 1.54) is 0 Å². The van der Waals surface area contributed by atoms with Crippen molar-refractivity contribution in [1.82, 2.24) is 10.2 Å². The molecule has 0 fully saturated rings. The highest BCUT2D eigenvalue weighted by molar-refractivity contribution is 5.97. The topological polar surface area (TPSA) is 98.4 Å². The first-order valence-corrected chi connectivity index (χ1v) is 11.1. The van der Waals surface area contributed by atoms with Gasteiger partial charge in [0.25, 0.3) is 0 Å². The predicted molar refractivity (Wildman–Crippen MR) is 129 cm³/mol. The van der Waals surface area contributed by atoms with Gasteiger partial charge in [-0.15, -0.1) is 0 Å². The number of fused-ring (bicyclic) bond motifs is 1. The number of nitrogens with one attached hydrogen (secondary N) is 2. The molecule has 1 heterocycles. The van der Waals surface area contributed by atoms with Crippen molar-refractivity contribution in [2.24, 2.45) is 5.92 Å². The molecule has 2 aromatic carbocycles. The number of methoxy groups -OCH3 is 4. The van der Waals surface area contributed by atoms with Crippen LogP contribution in [0.2, 0.25) is 0 Å². The van der Waals surface area contributed by atoms with Crippen LogP contribution in [-0.2, 0) is 17.8 Å². The van der Waals surface area contributed by atoms with Crippen LogP contribution < -0.4 is 29.6 Å². The van der Waals surface area contributed by atoms with Gasteiger partial charge in [0.2, 0.25) is 5.91 Å². The van der Waals surface area contributed by atoms with E-state index in [-0.39, 0.29) is 17.9 Å². The van der Waals surface area contributed by atoms with Gasteiger partial charge in [-0.25, -0.2) is 4.79 Å². The third-order valence-electron chi connectivity index (χ3n) is 5.85. The Kier molecular flexibility index (Phi) is 8.09. The lowest BCUT2D eigenvalue weighted by Gasteiger charge is -2.32. The maximum Gasteiger partial charge on any atom is 0.318 e. The van der Waals surface area contributed by atoms with Gasteiger partial charge in [0.1, 0.15) is 17.5 Å². The molecule has 0 saturated carbocycles. The van der Waals surface area contributed by atoms with E-state index >= 15 is 0 Å². The van der Waals surface area contributed by atoms with E-state index < -0.39 is 6.04 Å². The van der Waals surface area contributed by atoms with Gasteiger partial charge in [-0.3, -0.25) is 4.79 Å². The molecular formula is C25H33N3O6. The number of nitrogens with zero attached hydrogens (tertiary/aromatic N) is 1. The molecule has 2 N–H and O–H groups in total. The van der Waals surface area contributed by atoms with E-state index in [2.05, 4.69) is 10.6 Å². The first-order valence-electron chi connectivity index (χ1n) is 11.1. The van der Waals surface area contributed by atoms with Crippen LogP contribution in [-0.4, -0.2) is 57.9 Å². The Bertz CT molecular complexity index is 1020. The standard InChI is InChI=1S/C25H33N3O6/c1-15(2)23(24(29)26-18-11-19(31-3)13-20(12-18)32-4)27-25(30)28-8-7-16-9-21(33-5)22(34-6)10-17(16)14-28/h9-13,15,23H,7-8,14H2,1-6H3,(H,26,29)(H,27,30)/t23-/m0/s1. The molecule has 0 unspecified atom stereocenters. The van der Waals surface area contributed by atoms with Gasteiger partial charge in [0.05, 0.1) is 28.4 Å². The Labute approximate surface area is 200 Å². The predicted octanol–water partition coefficient (Wildman–Crippen LogP) is 3.45. The van der Waals surface area contributed by atoms with Crippen molar-refractivity contribution in [3.05, 3.63) is 41.5 Å². The lowest BCUT2D eigenvalue weighted by atomic mass is 9.99. The maximum absolute atomic E-state index is 13.1. The van der Waals surface area contributed by atoms with Crippen LogP contribution in [0.3, 0.4) is 0 Å². The highest BCUT2D eigenvalue weighted by Gasteiger charge is 2.29. The minimum absolute atomic E-state index is 0.127. The van der Waals surface area contributed by atoms with Crippen molar-refractivity contribution in [3.63, 3.8) is 0 Å². The van der Waals surface area contributed by atoms with Gasteiger partial charge in [-0.05, 0) is 35.6 Å². The molecule has 0 saturated heterocycles. The number of hydrogen-bond donors (Lipinski definition) is 2. The highest BCUT2D eigenvalue weighted by atomic mass is 16.5. The molecule has 1 aliphatic rings. The molecule has 0 radical (unpaired) electrons. The average Bonchev–Trinajstić information content (AvgIpc) is 2.85. The third-order valence-corrected chi connectivity index (χ3v) is 5.85. The van der Waals surface area contributed by atoms with Crippen LogP contribution in [0.15, 0.2) is 30.3 Å². The van der Waals surface area contributed by atoms with Crippen LogP contribution in [0.25, 0.3) is 0 Å². The molecule has 184 valence electrons. The number of ether oxygens (including phenoxy) is 4. The van der Waals surface area contributed by atoms with Crippen LogP contribution >= 0.6 is 0 Å². The normalized spacial score (nSPS) is 13.6. The molecule has 1 atom stereocenters. The summed E-state index contributed by atoms with van der Waals surface area (Å²) in [5, 5.41) is 5.76. The second-order valence-corrected chi connectivity index (χ2v) is 8.41. The summed E-state index contributed by atoms with van der Waals surface area (Å²) in [5.74, 6) is 1.96. The molecule has 1 aliphatic heterocycles. The molecule has 2 aromatic rings. The number of amides is 3. The highest BCUT2D eigenvalue weighted by Crippen LogP contribution is 2.33. The fraction of sp³-hybridized carbons (Fsp3) is 0.440. The van der Waals surface area contributed by atoms with E-state index in [1.54, 1.807) is 51.5 Å². The van der Waals surface area contributed by atoms with Crippen molar-refractivity contribution in [2.75, 3.05) is 40.3 Å². The molecule has 3 amide bonds. The summed E-state index contributed by atoms with van der Waals surface area (Å²) < 4.78 is 21.3. The molecule has 9 heteroatoms. The van der Waals surface area contributed by atoms with E-state index in [0.717, 1.165) is 11.1 Å². The molecule has 9 nitrogen and oxygen atoms in total. The van der Waals surface area contributed by atoms with E-state index in [0.29, 0.717) is 48.2 Å². The molecule has 3 rings (SSSR count). The van der Waals surface area contributed by atoms with Crippen LogP contribution in [0, 0.1) is 5.92 Å². The van der Waals surface area contributed by atoms with Crippen molar-refractivity contribution in [3.8, 4) is 23.0 Å². The number of carbonyl (C=O) groups excluding carboxylic acids is 2. The maximum atomic E-state index is 13.1. The number of rotatable bonds is 8. The van der Waals surface area contributed by atoms with Gasteiger partial charge >= 0.3 is 6.03 Å². The Morgan fingerprint density at radius 2 is 1.44 bits per heavy atom. The number of anilines is 1. The SMILES string of the molecule is COc1cc(NC(=O)[C@@H](NC(=O)N2CCc3cc(OC)c(OC)cc3C2)C(C)C)cc(OC)c1. The molecule has 0 spiro atoms. The average molecular weight is 472 g/mol. The van der Waals surface area contributed by atoms with Gasteiger partial charge in [-0.2, -0.15) is 0 Å². The minimum Gasteiger partial charge on any atom is -0.497 e. The Balaban J connectivity index is 1.71. The lowest BCUT2D eigenvalue weighted by molar-refractivity contribution is -0.118. The van der Waals surface area contributed by atoms with Crippen LogP contribution in [0.5, 0.6) is 23.0 Å². The smallest absolute Gasteiger partial charge is 0.318 e. The number of benzene rings is 2. The third kappa shape index (κ3) is 5.65. The molecule has 34 heavy (non-hydrogen) atoms. The zero-order chi connectivity index (χ0) is 24.8.